The smallest absolute Gasteiger partial charge is 0.270 e. The number of hydrogen-bond donors (Lipinski definition) is 2. The molecule has 0 unspecified atom stereocenters. The molecule has 0 radical (unpaired) electrons. The molecule has 0 saturated carbocycles. The largest absolute Gasteiger partial charge is 0.496 e. The Morgan fingerprint density at radius 1 is 1.04 bits per heavy atom. The van der Waals surface area contributed by atoms with E-state index in [2.05, 4.69) is 20.6 Å². The molecule has 0 bridgehead atoms. The van der Waals surface area contributed by atoms with E-state index in [1.165, 1.54) is 5.56 Å². The number of carbonyl (C=O) groups excluding carboxylic acids is 1. The molecule has 1 heterocycles. The zero-order chi connectivity index (χ0) is 20.1. The van der Waals surface area contributed by atoms with Gasteiger partial charge in [0.2, 0.25) is 5.95 Å². The Balaban J connectivity index is 1.77. The van der Waals surface area contributed by atoms with Crippen molar-refractivity contribution < 1.29 is 9.53 Å². The van der Waals surface area contributed by atoms with Gasteiger partial charge in [0.15, 0.2) is 0 Å². The molecule has 6 heteroatoms. The van der Waals surface area contributed by atoms with E-state index in [1.807, 2.05) is 63.2 Å². The van der Waals surface area contributed by atoms with Gasteiger partial charge in [0.05, 0.1) is 7.11 Å². The van der Waals surface area contributed by atoms with Crippen LogP contribution in [0.25, 0.3) is 0 Å². The van der Waals surface area contributed by atoms with Crippen molar-refractivity contribution in [3.63, 3.8) is 0 Å². The lowest BCUT2D eigenvalue weighted by Crippen LogP contribution is -2.24. The minimum atomic E-state index is -0.263. The topological polar surface area (TPSA) is 76.1 Å². The summed E-state index contributed by atoms with van der Waals surface area (Å²) in [5.74, 6) is 0.871. The quantitative estimate of drug-likeness (QED) is 0.678. The van der Waals surface area contributed by atoms with E-state index >= 15 is 0 Å². The summed E-state index contributed by atoms with van der Waals surface area (Å²) in [4.78, 5) is 21.4. The van der Waals surface area contributed by atoms with Crippen LogP contribution in [0.4, 0.5) is 11.6 Å². The molecule has 0 aliphatic heterocycles. The fraction of sp³-hybridized carbons (Fsp3) is 0.227. The predicted molar refractivity (Wildman–Crippen MR) is 110 cm³/mol. The maximum atomic E-state index is 12.6. The fourth-order valence-electron chi connectivity index (χ4n) is 2.86. The van der Waals surface area contributed by atoms with Gasteiger partial charge in [0.1, 0.15) is 11.4 Å². The lowest BCUT2D eigenvalue weighted by molar-refractivity contribution is 0.0945. The summed E-state index contributed by atoms with van der Waals surface area (Å²) >= 11 is 0. The number of ether oxygens (including phenoxy) is 1. The number of para-hydroxylation sites is 1. The molecule has 2 aromatic carbocycles. The molecule has 144 valence electrons. The molecule has 0 fully saturated rings. The summed E-state index contributed by atoms with van der Waals surface area (Å²) < 4.78 is 5.32. The van der Waals surface area contributed by atoms with Crippen LogP contribution in [0.5, 0.6) is 5.75 Å². The van der Waals surface area contributed by atoms with Gasteiger partial charge in [-0.1, -0.05) is 30.3 Å². The van der Waals surface area contributed by atoms with Gasteiger partial charge in [-0.3, -0.25) is 4.79 Å². The maximum Gasteiger partial charge on any atom is 0.270 e. The third kappa shape index (κ3) is 4.46. The minimum Gasteiger partial charge on any atom is -0.496 e. The van der Waals surface area contributed by atoms with Crippen molar-refractivity contribution in [3.05, 3.63) is 76.6 Å². The van der Waals surface area contributed by atoms with Crippen molar-refractivity contribution in [1.29, 1.82) is 0 Å². The van der Waals surface area contributed by atoms with E-state index in [0.717, 1.165) is 22.6 Å². The van der Waals surface area contributed by atoms with Gasteiger partial charge in [-0.2, -0.15) is 0 Å². The summed E-state index contributed by atoms with van der Waals surface area (Å²) in [6, 6.07) is 15.2. The van der Waals surface area contributed by atoms with Crippen LogP contribution < -0.4 is 15.4 Å². The molecule has 0 atom stereocenters. The molecule has 0 saturated heterocycles. The number of aryl methyl sites for hydroxylation is 2. The Hall–Kier alpha value is -3.41. The first-order valence-electron chi connectivity index (χ1n) is 9.07. The predicted octanol–water partition coefficient (Wildman–Crippen LogP) is 4.08. The molecule has 3 aromatic rings. The van der Waals surface area contributed by atoms with Crippen molar-refractivity contribution in [1.82, 2.24) is 15.3 Å². The molecular weight excluding hydrogens is 352 g/mol. The summed E-state index contributed by atoms with van der Waals surface area (Å²) in [7, 11) is 1.61. The number of aromatic nitrogens is 2. The van der Waals surface area contributed by atoms with Crippen LogP contribution in [0.15, 0.2) is 48.5 Å². The Morgan fingerprint density at radius 3 is 2.61 bits per heavy atom. The number of anilines is 2. The van der Waals surface area contributed by atoms with E-state index in [-0.39, 0.29) is 5.91 Å². The SMILES string of the molecule is COc1ccccc1CNC(=O)c1cc(C)nc(Nc2cccc(C)c2C)n1. The first-order valence-corrected chi connectivity index (χ1v) is 9.07. The highest BCUT2D eigenvalue weighted by Crippen LogP contribution is 2.21. The second-order valence-corrected chi connectivity index (χ2v) is 6.59. The summed E-state index contributed by atoms with van der Waals surface area (Å²) in [6.45, 7) is 6.28. The third-order valence-electron chi connectivity index (χ3n) is 4.57. The number of hydrogen-bond acceptors (Lipinski definition) is 5. The molecule has 0 spiro atoms. The van der Waals surface area contributed by atoms with E-state index in [0.29, 0.717) is 23.9 Å². The van der Waals surface area contributed by atoms with Crippen molar-refractivity contribution in [3.8, 4) is 5.75 Å². The first-order chi connectivity index (χ1) is 13.5. The van der Waals surface area contributed by atoms with Crippen molar-refractivity contribution in [2.45, 2.75) is 27.3 Å². The van der Waals surface area contributed by atoms with E-state index in [4.69, 9.17) is 4.74 Å². The van der Waals surface area contributed by atoms with Crippen LogP contribution in [0, 0.1) is 20.8 Å². The lowest BCUT2D eigenvalue weighted by atomic mass is 10.1. The molecule has 28 heavy (non-hydrogen) atoms. The van der Waals surface area contributed by atoms with Crippen molar-refractivity contribution in [2.24, 2.45) is 0 Å². The highest BCUT2D eigenvalue weighted by molar-refractivity contribution is 5.92. The number of benzene rings is 2. The average molecular weight is 376 g/mol. The van der Waals surface area contributed by atoms with E-state index < -0.39 is 0 Å². The highest BCUT2D eigenvalue weighted by atomic mass is 16.5. The molecule has 1 aromatic heterocycles. The molecule has 0 aliphatic rings. The highest BCUT2D eigenvalue weighted by Gasteiger charge is 2.12. The first kappa shape index (κ1) is 19.4. The van der Waals surface area contributed by atoms with Gasteiger partial charge >= 0.3 is 0 Å². The number of nitrogens with one attached hydrogen (secondary N) is 2. The Morgan fingerprint density at radius 2 is 1.82 bits per heavy atom. The number of rotatable bonds is 6. The second kappa shape index (κ2) is 8.52. The molecule has 6 nitrogen and oxygen atoms in total. The average Bonchev–Trinajstić information content (AvgIpc) is 2.69. The standard InChI is InChI=1S/C22H24N4O2/c1-14-8-7-10-18(16(14)3)25-22-24-15(2)12-19(26-22)21(27)23-13-17-9-5-6-11-20(17)28-4/h5-12H,13H2,1-4H3,(H,23,27)(H,24,25,26). The molecule has 2 N–H and O–H groups in total. The Kier molecular flexibility index (Phi) is 5.89. The maximum absolute atomic E-state index is 12.6. The van der Waals surface area contributed by atoms with Crippen LogP contribution in [-0.4, -0.2) is 23.0 Å². The molecule has 0 aliphatic carbocycles. The van der Waals surface area contributed by atoms with Crippen LogP contribution >= 0.6 is 0 Å². The van der Waals surface area contributed by atoms with Gasteiger partial charge in [0, 0.05) is 23.5 Å². The summed E-state index contributed by atoms with van der Waals surface area (Å²) in [5, 5.41) is 6.11. The summed E-state index contributed by atoms with van der Waals surface area (Å²) in [6.07, 6.45) is 0. The van der Waals surface area contributed by atoms with E-state index in [1.54, 1.807) is 13.2 Å². The number of methoxy groups -OCH3 is 1. The van der Waals surface area contributed by atoms with Crippen LogP contribution in [0.3, 0.4) is 0 Å². The number of carbonyl (C=O) groups is 1. The number of amides is 1. The van der Waals surface area contributed by atoms with Gasteiger partial charge < -0.3 is 15.4 Å². The van der Waals surface area contributed by atoms with Crippen LogP contribution in [0.2, 0.25) is 0 Å². The lowest BCUT2D eigenvalue weighted by Gasteiger charge is -2.12. The third-order valence-corrected chi connectivity index (χ3v) is 4.57. The van der Waals surface area contributed by atoms with Gasteiger partial charge in [0.25, 0.3) is 5.91 Å². The van der Waals surface area contributed by atoms with Gasteiger partial charge in [-0.15, -0.1) is 0 Å². The van der Waals surface area contributed by atoms with Gasteiger partial charge in [-0.25, -0.2) is 9.97 Å². The Labute approximate surface area is 165 Å². The summed E-state index contributed by atoms with van der Waals surface area (Å²) in [5.41, 5.74) is 5.14. The van der Waals surface area contributed by atoms with Crippen molar-refractivity contribution >= 4 is 17.5 Å². The van der Waals surface area contributed by atoms with Crippen LogP contribution in [0.1, 0.15) is 32.9 Å². The zero-order valence-electron chi connectivity index (χ0n) is 16.5. The fourth-order valence-corrected chi connectivity index (χ4v) is 2.86. The number of nitrogens with zero attached hydrogens (tertiary/aromatic N) is 2. The van der Waals surface area contributed by atoms with Gasteiger partial charge in [-0.05, 0) is 50.1 Å². The zero-order valence-corrected chi connectivity index (χ0v) is 16.5. The molecule has 1 amide bonds. The van der Waals surface area contributed by atoms with Crippen LogP contribution in [-0.2, 0) is 6.54 Å². The normalized spacial score (nSPS) is 10.4. The van der Waals surface area contributed by atoms with Crippen molar-refractivity contribution in [2.75, 3.05) is 12.4 Å². The van der Waals surface area contributed by atoms with E-state index in [9.17, 15) is 4.79 Å². The molecule has 3 rings (SSSR count). The monoisotopic (exact) mass is 376 g/mol. The minimum absolute atomic E-state index is 0.263. The molecular formula is C22H24N4O2. The Bertz CT molecular complexity index is 1000. The second-order valence-electron chi connectivity index (χ2n) is 6.59.